The van der Waals surface area contributed by atoms with Gasteiger partial charge in [-0.2, -0.15) is 0 Å². The summed E-state index contributed by atoms with van der Waals surface area (Å²) in [6.45, 7) is 2.37. The van der Waals surface area contributed by atoms with Gasteiger partial charge in [-0.05, 0) is 30.6 Å². The van der Waals surface area contributed by atoms with Crippen LogP contribution in [0.1, 0.15) is 19.8 Å². The van der Waals surface area contributed by atoms with E-state index in [4.69, 9.17) is 4.74 Å². The fourth-order valence-electron chi connectivity index (χ4n) is 2.66. The Balaban J connectivity index is 1.86. The fourth-order valence-corrected chi connectivity index (χ4v) is 2.66. The topological polar surface area (TPSA) is 12.5 Å². The quantitative estimate of drug-likeness (QED) is 0.445. The van der Waals surface area contributed by atoms with Crippen molar-refractivity contribution >= 4 is 0 Å². The Kier molecular flexibility index (Phi) is 0.628. The highest BCUT2D eigenvalue weighted by molar-refractivity contribution is 5.10. The summed E-state index contributed by atoms with van der Waals surface area (Å²) in [7, 11) is 0. The van der Waals surface area contributed by atoms with Crippen molar-refractivity contribution in [2.75, 3.05) is 0 Å². The van der Waals surface area contributed by atoms with Gasteiger partial charge in [-0.1, -0.05) is 6.92 Å². The van der Waals surface area contributed by atoms with E-state index in [2.05, 4.69) is 6.92 Å². The minimum atomic E-state index is 0.705. The van der Waals surface area contributed by atoms with Gasteiger partial charge in [0.05, 0.1) is 12.2 Å². The van der Waals surface area contributed by atoms with Gasteiger partial charge in [0, 0.05) is 0 Å². The van der Waals surface area contributed by atoms with Crippen molar-refractivity contribution < 1.29 is 4.74 Å². The van der Waals surface area contributed by atoms with E-state index >= 15 is 0 Å². The van der Waals surface area contributed by atoms with E-state index in [0.29, 0.717) is 6.10 Å². The summed E-state index contributed by atoms with van der Waals surface area (Å²) in [5.74, 6) is 3.06. The Morgan fingerprint density at radius 1 is 1.33 bits per heavy atom. The van der Waals surface area contributed by atoms with Crippen molar-refractivity contribution in [3.8, 4) is 0 Å². The van der Waals surface area contributed by atoms with E-state index < -0.39 is 0 Å². The highest BCUT2D eigenvalue weighted by Crippen LogP contribution is 2.61. The molecule has 1 heterocycles. The number of hydrogen-bond donors (Lipinski definition) is 0. The molecule has 5 atom stereocenters. The minimum absolute atomic E-state index is 0.705. The van der Waals surface area contributed by atoms with Crippen LogP contribution in [0.2, 0.25) is 0 Å². The first-order chi connectivity index (χ1) is 4.38. The maximum Gasteiger partial charge on any atom is 0.0875 e. The maximum atomic E-state index is 5.50. The molecule has 2 saturated carbocycles. The number of epoxide rings is 1. The molecule has 1 saturated heterocycles. The van der Waals surface area contributed by atoms with Gasteiger partial charge in [0.2, 0.25) is 0 Å². The van der Waals surface area contributed by atoms with Gasteiger partial charge >= 0.3 is 0 Å². The van der Waals surface area contributed by atoms with E-state index in [0.717, 1.165) is 23.9 Å². The van der Waals surface area contributed by atoms with Crippen LogP contribution in [-0.2, 0) is 4.74 Å². The third-order valence-corrected chi connectivity index (χ3v) is 3.42. The predicted octanol–water partition coefficient (Wildman–Crippen LogP) is 1.43. The summed E-state index contributed by atoms with van der Waals surface area (Å²) in [4.78, 5) is 0. The van der Waals surface area contributed by atoms with Crippen LogP contribution in [-0.4, -0.2) is 12.2 Å². The Morgan fingerprint density at radius 3 is 3.00 bits per heavy atom. The zero-order chi connectivity index (χ0) is 6.01. The van der Waals surface area contributed by atoms with Gasteiger partial charge in [-0.3, -0.25) is 0 Å². The molecular weight excluding hydrogens is 112 g/mol. The lowest BCUT2D eigenvalue weighted by molar-refractivity contribution is 0.354. The fraction of sp³-hybridized carbons (Fsp3) is 1.00. The van der Waals surface area contributed by atoms with Gasteiger partial charge in [0.1, 0.15) is 0 Å². The molecule has 0 radical (unpaired) electrons. The van der Waals surface area contributed by atoms with Crippen molar-refractivity contribution in [2.24, 2.45) is 17.8 Å². The molecule has 1 nitrogen and oxygen atoms in total. The highest BCUT2D eigenvalue weighted by atomic mass is 16.6. The third kappa shape index (κ3) is 0.454. The third-order valence-electron chi connectivity index (χ3n) is 3.42. The van der Waals surface area contributed by atoms with Gasteiger partial charge in [-0.25, -0.2) is 0 Å². The normalized spacial score (nSPS) is 68.3. The van der Waals surface area contributed by atoms with Crippen LogP contribution < -0.4 is 0 Å². The lowest BCUT2D eigenvalue weighted by Crippen LogP contribution is -2.04. The van der Waals surface area contributed by atoms with Crippen molar-refractivity contribution in [2.45, 2.75) is 32.0 Å². The molecule has 50 valence electrons. The van der Waals surface area contributed by atoms with E-state index in [9.17, 15) is 0 Å². The Hall–Kier alpha value is -0.0400. The molecule has 3 fully saturated rings. The summed E-state index contributed by atoms with van der Waals surface area (Å²) in [6.07, 6.45) is 4.23. The molecular formula is C8H12O. The van der Waals surface area contributed by atoms with Gasteiger partial charge < -0.3 is 4.74 Å². The molecule has 1 heteroatoms. The van der Waals surface area contributed by atoms with E-state index in [1.165, 1.54) is 12.8 Å². The average Bonchev–Trinajstić information content (AvgIpc) is 2.64. The van der Waals surface area contributed by atoms with Crippen LogP contribution >= 0.6 is 0 Å². The van der Waals surface area contributed by atoms with Crippen LogP contribution in [0.3, 0.4) is 0 Å². The molecule has 0 N–H and O–H groups in total. The molecule has 3 aliphatic rings. The zero-order valence-electron chi connectivity index (χ0n) is 5.71. The predicted molar refractivity (Wildman–Crippen MR) is 34.0 cm³/mol. The standard InChI is InChI=1S/C8H12O/c1-4-5-2-3-6-8(9-6)7(4)5/h4-8H,2-3H2,1H3/t4-,5?,6+,7?,8+/m0/s1. The lowest BCUT2D eigenvalue weighted by Gasteiger charge is -1.99. The molecule has 3 rings (SSSR count). The Labute approximate surface area is 55.4 Å². The average molecular weight is 124 g/mol. The van der Waals surface area contributed by atoms with Crippen molar-refractivity contribution in [3.63, 3.8) is 0 Å². The maximum absolute atomic E-state index is 5.50. The molecule has 0 spiro atoms. The van der Waals surface area contributed by atoms with E-state index in [-0.39, 0.29) is 0 Å². The van der Waals surface area contributed by atoms with Crippen LogP contribution in [0.4, 0.5) is 0 Å². The molecule has 0 aromatic carbocycles. The summed E-state index contributed by atoms with van der Waals surface area (Å²) in [5.41, 5.74) is 0. The van der Waals surface area contributed by atoms with Gasteiger partial charge in [0.25, 0.3) is 0 Å². The molecule has 0 aromatic heterocycles. The second-order valence-electron chi connectivity index (χ2n) is 3.82. The second-order valence-corrected chi connectivity index (χ2v) is 3.82. The first kappa shape index (κ1) is 4.73. The molecule has 2 aliphatic carbocycles. The zero-order valence-corrected chi connectivity index (χ0v) is 5.71. The monoisotopic (exact) mass is 124 g/mol. The van der Waals surface area contributed by atoms with Crippen molar-refractivity contribution in [1.82, 2.24) is 0 Å². The van der Waals surface area contributed by atoms with Gasteiger partial charge in [0.15, 0.2) is 0 Å². The first-order valence-corrected chi connectivity index (χ1v) is 4.03. The van der Waals surface area contributed by atoms with Crippen LogP contribution in [0.15, 0.2) is 0 Å². The van der Waals surface area contributed by atoms with E-state index in [1.54, 1.807) is 0 Å². The largest absolute Gasteiger partial charge is 0.369 e. The van der Waals surface area contributed by atoms with Crippen LogP contribution in [0.25, 0.3) is 0 Å². The van der Waals surface area contributed by atoms with Crippen molar-refractivity contribution in [1.29, 1.82) is 0 Å². The van der Waals surface area contributed by atoms with Crippen LogP contribution in [0.5, 0.6) is 0 Å². The Bertz CT molecular complexity index is 153. The minimum Gasteiger partial charge on any atom is -0.369 e. The molecule has 0 aromatic rings. The molecule has 0 amide bonds. The molecule has 0 bridgehead atoms. The molecule has 9 heavy (non-hydrogen) atoms. The highest BCUT2D eigenvalue weighted by Gasteiger charge is 2.63. The second kappa shape index (κ2) is 1.20. The smallest absolute Gasteiger partial charge is 0.0875 e. The SMILES string of the molecule is C[C@H]1C2CC[C@H]3O[C@H]3C21. The van der Waals surface area contributed by atoms with Crippen LogP contribution in [0, 0.1) is 17.8 Å². The van der Waals surface area contributed by atoms with Crippen molar-refractivity contribution in [3.05, 3.63) is 0 Å². The number of rotatable bonds is 0. The number of fused-ring (bicyclic) bond motifs is 3. The summed E-state index contributed by atoms with van der Waals surface area (Å²) in [6, 6.07) is 0. The number of ether oxygens (including phenoxy) is 1. The van der Waals surface area contributed by atoms with E-state index in [1.807, 2.05) is 0 Å². The summed E-state index contributed by atoms with van der Waals surface area (Å²) < 4.78 is 5.50. The Morgan fingerprint density at radius 2 is 2.22 bits per heavy atom. The molecule has 2 unspecified atom stereocenters. The lowest BCUT2D eigenvalue weighted by atomic mass is 10.0. The van der Waals surface area contributed by atoms with Gasteiger partial charge in [-0.15, -0.1) is 0 Å². The molecule has 1 aliphatic heterocycles. The first-order valence-electron chi connectivity index (χ1n) is 4.03. The summed E-state index contributed by atoms with van der Waals surface area (Å²) in [5, 5.41) is 0. The summed E-state index contributed by atoms with van der Waals surface area (Å²) >= 11 is 0. The number of hydrogen-bond acceptors (Lipinski definition) is 1.